The zero-order valence-corrected chi connectivity index (χ0v) is 11.3. The van der Waals surface area contributed by atoms with Gasteiger partial charge in [-0.15, -0.1) is 0 Å². The molecule has 2 aromatic carbocycles. The van der Waals surface area contributed by atoms with Gasteiger partial charge in [0.1, 0.15) is 6.07 Å². The average molecular weight is 268 g/mol. The molecule has 2 aromatic rings. The standard InChI is InChI=1S/C16H16N2O2/c1-2-20-15-9-5-7-13(16(15)19)11-18-14-8-4-3-6-12(14)10-17/h3-9,18-19H,2,11H2,1H3. The molecule has 0 aliphatic rings. The molecular formula is C16H16N2O2. The molecule has 0 spiro atoms. The Balaban J connectivity index is 2.15. The third kappa shape index (κ3) is 3.01. The molecule has 0 saturated carbocycles. The van der Waals surface area contributed by atoms with Gasteiger partial charge in [-0.2, -0.15) is 5.26 Å². The van der Waals surface area contributed by atoms with E-state index in [4.69, 9.17) is 10.00 Å². The minimum atomic E-state index is 0.135. The van der Waals surface area contributed by atoms with Crippen LogP contribution >= 0.6 is 0 Å². The van der Waals surface area contributed by atoms with Crippen LogP contribution in [0.15, 0.2) is 42.5 Å². The number of rotatable bonds is 5. The first-order valence-corrected chi connectivity index (χ1v) is 6.43. The second-order valence-corrected chi connectivity index (χ2v) is 4.21. The molecule has 0 bridgehead atoms. The van der Waals surface area contributed by atoms with E-state index in [0.717, 1.165) is 11.3 Å². The van der Waals surface area contributed by atoms with Crippen molar-refractivity contribution < 1.29 is 9.84 Å². The van der Waals surface area contributed by atoms with Gasteiger partial charge < -0.3 is 15.2 Å². The monoisotopic (exact) mass is 268 g/mol. The van der Waals surface area contributed by atoms with E-state index in [0.29, 0.717) is 24.5 Å². The Morgan fingerprint density at radius 3 is 2.75 bits per heavy atom. The second kappa shape index (κ2) is 6.48. The quantitative estimate of drug-likeness (QED) is 0.873. The van der Waals surface area contributed by atoms with Gasteiger partial charge in [-0.05, 0) is 25.1 Å². The molecule has 0 heterocycles. The molecule has 4 heteroatoms. The van der Waals surface area contributed by atoms with E-state index in [9.17, 15) is 5.11 Å². The highest BCUT2D eigenvalue weighted by molar-refractivity contribution is 5.58. The molecule has 0 aliphatic heterocycles. The lowest BCUT2D eigenvalue weighted by Crippen LogP contribution is -2.02. The Hall–Kier alpha value is -2.67. The third-order valence-corrected chi connectivity index (χ3v) is 2.90. The SMILES string of the molecule is CCOc1cccc(CNc2ccccc2C#N)c1O. The maximum absolute atomic E-state index is 10.1. The maximum Gasteiger partial charge on any atom is 0.162 e. The summed E-state index contributed by atoms with van der Waals surface area (Å²) in [5, 5.41) is 22.3. The number of benzene rings is 2. The first-order chi connectivity index (χ1) is 9.76. The van der Waals surface area contributed by atoms with Crippen molar-refractivity contribution in [3.63, 3.8) is 0 Å². The van der Waals surface area contributed by atoms with Gasteiger partial charge >= 0.3 is 0 Å². The van der Waals surface area contributed by atoms with Crippen molar-refractivity contribution in [2.45, 2.75) is 13.5 Å². The lowest BCUT2D eigenvalue weighted by atomic mass is 10.1. The number of nitrogens with one attached hydrogen (secondary N) is 1. The molecule has 0 unspecified atom stereocenters. The van der Waals surface area contributed by atoms with Crippen molar-refractivity contribution in [2.75, 3.05) is 11.9 Å². The summed E-state index contributed by atoms with van der Waals surface area (Å²) in [6.45, 7) is 2.79. The fourth-order valence-corrected chi connectivity index (χ4v) is 1.91. The second-order valence-electron chi connectivity index (χ2n) is 4.21. The molecule has 20 heavy (non-hydrogen) atoms. The number of anilines is 1. The first kappa shape index (κ1) is 13.8. The van der Waals surface area contributed by atoms with Crippen LogP contribution in [0.5, 0.6) is 11.5 Å². The average Bonchev–Trinajstić information content (AvgIpc) is 2.48. The number of phenols is 1. The lowest BCUT2D eigenvalue weighted by Gasteiger charge is -2.12. The lowest BCUT2D eigenvalue weighted by molar-refractivity contribution is 0.317. The van der Waals surface area contributed by atoms with Crippen LogP contribution in [0.2, 0.25) is 0 Å². The predicted octanol–water partition coefficient (Wildman–Crippen LogP) is 3.27. The van der Waals surface area contributed by atoms with Gasteiger partial charge in [0.25, 0.3) is 0 Å². The van der Waals surface area contributed by atoms with E-state index >= 15 is 0 Å². The van der Waals surface area contributed by atoms with Gasteiger partial charge in [-0.1, -0.05) is 24.3 Å². The number of aromatic hydroxyl groups is 1. The molecule has 0 fully saturated rings. The minimum absolute atomic E-state index is 0.135. The van der Waals surface area contributed by atoms with Crippen molar-refractivity contribution in [1.29, 1.82) is 5.26 Å². The van der Waals surface area contributed by atoms with Gasteiger partial charge in [0.05, 0.1) is 17.9 Å². The van der Waals surface area contributed by atoms with Crippen molar-refractivity contribution in [3.05, 3.63) is 53.6 Å². The van der Waals surface area contributed by atoms with E-state index in [2.05, 4.69) is 11.4 Å². The molecule has 0 aliphatic carbocycles. The van der Waals surface area contributed by atoms with Gasteiger partial charge in [0, 0.05) is 12.1 Å². The summed E-state index contributed by atoms with van der Waals surface area (Å²) in [5.74, 6) is 0.608. The van der Waals surface area contributed by atoms with Crippen molar-refractivity contribution in [3.8, 4) is 17.6 Å². The number of hydrogen-bond acceptors (Lipinski definition) is 4. The van der Waals surface area contributed by atoms with Gasteiger partial charge in [0.2, 0.25) is 0 Å². The molecule has 2 N–H and O–H groups in total. The van der Waals surface area contributed by atoms with Crippen LogP contribution in [0.4, 0.5) is 5.69 Å². The Morgan fingerprint density at radius 2 is 2.00 bits per heavy atom. The summed E-state index contributed by atoms with van der Waals surface area (Å²) in [6.07, 6.45) is 0. The third-order valence-electron chi connectivity index (χ3n) is 2.90. The zero-order valence-electron chi connectivity index (χ0n) is 11.3. The largest absolute Gasteiger partial charge is 0.504 e. The fourth-order valence-electron chi connectivity index (χ4n) is 1.91. The van der Waals surface area contributed by atoms with Crippen LogP contribution in [0.3, 0.4) is 0 Å². The highest BCUT2D eigenvalue weighted by Crippen LogP contribution is 2.30. The van der Waals surface area contributed by atoms with Crippen LogP contribution in [0.25, 0.3) is 0 Å². The van der Waals surface area contributed by atoms with E-state index in [-0.39, 0.29) is 5.75 Å². The molecule has 0 saturated heterocycles. The Morgan fingerprint density at radius 1 is 1.20 bits per heavy atom. The summed E-state index contributed by atoms with van der Waals surface area (Å²) in [7, 11) is 0. The number of phenolic OH excluding ortho intramolecular Hbond substituents is 1. The number of hydrogen-bond donors (Lipinski definition) is 2. The fraction of sp³-hybridized carbons (Fsp3) is 0.188. The van der Waals surface area contributed by atoms with Crippen molar-refractivity contribution >= 4 is 5.69 Å². The Kier molecular flexibility index (Phi) is 4.46. The number of nitrogens with zero attached hydrogens (tertiary/aromatic N) is 1. The van der Waals surface area contributed by atoms with Crippen LogP contribution in [0, 0.1) is 11.3 Å². The topological polar surface area (TPSA) is 65.3 Å². The molecule has 102 valence electrons. The Bertz CT molecular complexity index is 633. The van der Waals surface area contributed by atoms with Crippen LogP contribution in [0.1, 0.15) is 18.1 Å². The van der Waals surface area contributed by atoms with E-state index in [1.54, 1.807) is 12.1 Å². The Labute approximate surface area is 118 Å². The number of ether oxygens (including phenoxy) is 1. The molecular weight excluding hydrogens is 252 g/mol. The minimum Gasteiger partial charge on any atom is -0.504 e. The summed E-state index contributed by atoms with van der Waals surface area (Å²) >= 11 is 0. The highest BCUT2D eigenvalue weighted by atomic mass is 16.5. The van der Waals surface area contributed by atoms with Gasteiger partial charge in [0.15, 0.2) is 11.5 Å². The van der Waals surface area contributed by atoms with Crippen molar-refractivity contribution in [2.24, 2.45) is 0 Å². The van der Waals surface area contributed by atoms with Gasteiger partial charge in [-0.25, -0.2) is 0 Å². The molecule has 4 nitrogen and oxygen atoms in total. The number of para-hydroxylation sites is 2. The van der Waals surface area contributed by atoms with E-state index in [1.807, 2.05) is 37.3 Å². The molecule has 2 rings (SSSR count). The molecule has 0 aromatic heterocycles. The molecule has 0 atom stereocenters. The normalized spacial score (nSPS) is 9.80. The zero-order chi connectivity index (χ0) is 14.4. The van der Waals surface area contributed by atoms with E-state index in [1.165, 1.54) is 0 Å². The predicted molar refractivity (Wildman–Crippen MR) is 77.8 cm³/mol. The first-order valence-electron chi connectivity index (χ1n) is 6.43. The molecule has 0 radical (unpaired) electrons. The smallest absolute Gasteiger partial charge is 0.162 e. The number of nitriles is 1. The van der Waals surface area contributed by atoms with Crippen LogP contribution in [-0.4, -0.2) is 11.7 Å². The van der Waals surface area contributed by atoms with E-state index < -0.39 is 0 Å². The molecule has 0 amide bonds. The highest BCUT2D eigenvalue weighted by Gasteiger charge is 2.08. The van der Waals surface area contributed by atoms with Crippen molar-refractivity contribution in [1.82, 2.24) is 0 Å². The van der Waals surface area contributed by atoms with Crippen LogP contribution in [-0.2, 0) is 6.54 Å². The summed E-state index contributed by atoms with van der Waals surface area (Å²) in [4.78, 5) is 0. The summed E-state index contributed by atoms with van der Waals surface area (Å²) < 4.78 is 5.34. The summed E-state index contributed by atoms with van der Waals surface area (Å²) in [6, 6.07) is 14.8. The summed E-state index contributed by atoms with van der Waals surface area (Å²) in [5.41, 5.74) is 2.05. The maximum atomic E-state index is 10.1. The van der Waals surface area contributed by atoms with Crippen LogP contribution < -0.4 is 10.1 Å². The van der Waals surface area contributed by atoms with Gasteiger partial charge in [-0.3, -0.25) is 0 Å².